The molecule has 34 heavy (non-hydrogen) atoms. The molecule has 1 heterocycles. The van der Waals surface area contributed by atoms with Gasteiger partial charge in [-0.15, -0.1) is 0 Å². The Bertz CT molecular complexity index is 952. The van der Waals surface area contributed by atoms with Gasteiger partial charge in [-0.05, 0) is 55.7 Å². The summed E-state index contributed by atoms with van der Waals surface area (Å²) in [7, 11) is 0. The Morgan fingerprint density at radius 3 is 2.44 bits per heavy atom. The van der Waals surface area contributed by atoms with Crippen LogP contribution < -0.4 is 4.74 Å². The van der Waals surface area contributed by atoms with Crippen LogP contribution in [0, 0.1) is 0 Å². The molecule has 5 heteroatoms. The molecular weight excluding hydrogens is 426 g/mol. The second-order valence-electron chi connectivity index (χ2n) is 8.89. The van der Waals surface area contributed by atoms with Crippen LogP contribution in [0.4, 0.5) is 0 Å². The first-order valence-electron chi connectivity index (χ1n) is 12.4. The number of carboxylic acid groups (broad SMARTS) is 1. The van der Waals surface area contributed by atoms with Crippen molar-refractivity contribution < 1.29 is 23.9 Å². The van der Waals surface area contributed by atoms with Crippen LogP contribution in [0.2, 0.25) is 0 Å². The molecule has 2 atom stereocenters. The minimum Gasteiger partial charge on any atom is -0.491 e. The standard InChI is InChI=1S/C29H37NO4/c1-3-18-30(23-24-9-6-5-7-10-24)19-8-11-26(29(31)32)14-17-28(30)25-12-15-27(16-13-25)34-22-21-33-20-4-2/h5-13,15-16,19,28H,3-4,14,17-18,20-23H2,1-2H3/p+1. The van der Waals surface area contributed by atoms with Gasteiger partial charge in [-0.3, -0.25) is 4.48 Å². The van der Waals surface area contributed by atoms with Gasteiger partial charge < -0.3 is 14.6 Å². The number of allylic oxidation sites excluding steroid dienone is 2. The van der Waals surface area contributed by atoms with E-state index >= 15 is 0 Å². The number of aliphatic carboxylic acids is 1. The van der Waals surface area contributed by atoms with E-state index in [-0.39, 0.29) is 6.04 Å². The largest absolute Gasteiger partial charge is 0.491 e. The van der Waals surface area contributed by atoms with E-state index in [1.54, 1.807) is 6.08 Å². The molecule has 0 amide bonds. The molecule has 0 aliphatic carbocycles. The third-order valence-electron chi connectivity index (χ3n) is 6.33. The van der Waals surface area contributed by atoms with Gasteiger partial charge in [0.1, 0.15) is 24.9 Å². The number of benzene rings is 2. The first kappa shape index (κ1) is 25.7. The average Bonchev–Trinajstić information content (AvgIpc) is 2.83. The zero-order valence-electron chi connectivity index (χ0n) is 20.5. The molecule has 0 radical (unpaired) electrons. The number of hydrogen-bond acceptors (Lipinski definition) is 3. The first-order chi connectivity index (χ1) is 16.6. The minimum absolute atomic E-state index is 0.140. The number of hydrogen-bond donors (Lipinski definition) is 1. The SMILES string of the molecule is CCCOCCOc1ccc(C2CCC(C(=O)O)=CC=C[N+]2(CCC)Cc2ccccc2)cc1. The smallest absolute Gasteiger partial charge is 0.331 e. The topological polar surface area (TPSA) is 55.8 Å². The normalized spacial score (nSPS) is 20.3. The van der Waals surface area contributed by atoms with Crippen molar-refractivity contribution in [3.63, 3.8) is 0 Å². The number of nitrogens with zero attached hydrogens (tertiary/aromatic N) is 1. The Balaban J connectivity index is 1.89. The summed E-state index contributed by atoms with van der Waals surface area (Å²) in [5.41, 5.74) is 2.94. The van der Waals surface area contributed by atoms with Crippen LogP contribution in [-0.2, 0) is 16.1 Å². The van der Waals surface area contributed by atoms with E-state index in [1.807, 2.05) is 24.3 Å². The third kappa shape index (κ3) is 7.05. The lowest BCUT2D eigenvalue weighted by Gasteiger charge is -2.43. The van der Waals surface area contributed by atoms with Crippen LogP contribution in [0.3, 0.4) is 0 Å². The summed E-state index contributed by atoms with van der Waals surface area (Å²) in [5, 5.41) is 9.62. The maximum atomic E-state index is 11.7. The van der Waals surface area contributed by atoms with Crippen molar-refractivity contribution in [3.8, 4) is 5.75 Å². The molecule has 1 aliphatic rings. The lowest BCUT2D eigenvalue weighted by atomic mass is 9.92. The molecule has 1 aliphatic heterocycles. The fourth-order valence-corrected chi connectivity index (χ4v) is 4.77. The van der Waals surface area contributed by atoms with Gasteiger partial charge >= 0.3 is 5.97 Å². The molecule has 182 valence electrons. The maximum Gasteiger partial charge on any atom is 0.331 e. The highest BCUT2D eigenvalue weighted by Crippen LogP contribution is 2.39. The van der Waals surface area contributed by atoms with Gasteiger partial charge in [-0.1, -0.05) is 44.2 Å². The van der Waals surface area contributed by atoms with Gasteiger partial charge in [0.15, 0.2) is 0 Å². The molecule has 5 nitrogen and oxygen atoms in total. The Morgan fingerprint density at radius 2 is 1.76 bits per heavy atom. The molecule has 0 spiro atoms. The number of rotatable bonds is 12. The van der Waals surface area contributed by atoms with Crippen LogP contribution in [0.1, 0.15) is 56.7 Å². The lowest BCUT2D eigenvalue weighted by molar-refractivity contribution is -0.924. The molecule has 0 fully saturated rings. The lowest BCUT2D eigenvalue weighted by Crippen LogP contribution is -2.46. The van der Waals surface area contributed by atoms with E-state index in [0.717, 1.165) is 49.2 Å². The Hall–Kier alpha value is -2.89. The summed E-state index contributed by atoms with van der Waals surface area (Å²) in [5.74, 6) is -0.0102. The van der Waals surface area contributed by atoms with Crippen molar-refractivity contribution in [2.75, 3.05) is 26.4 Å². The summed E-state index contributed by atoms with van der Waals surface area (Å²) < 4.78 is 12.1. The van der Waals surface area contributed by atoms with E-state index in [4.69, 9.17) is 9.47 Å². The second-order valence-corrected chi connectivity index (χ2v) is 8.89. The van der Waals surface area contributed by atoms with Crippen LogP contribution in [-0.4, -0.2) is 41.9 Å². The number of ether oxygens (including phenoxy) is 2. The van der Waals surface area contributed by atoms with Gasteiger partial charge in [0.2, 0.25) is 0 Å². The van der Waals surface area contributed by atoms with Crippen molar-refractivity contribution in [2.24, 2.45) is 0 Å². The average molecular weight is 465 g/mol. The van der Waals surface area contributed by atoms with E-state index in [1.165, 1.54) is 11.1 Å². The summed E-state index contributed by atoms with van der Waals surface area (Å²) in [4.78, 5) is 11.7. The molecule has 1 N–H and O–H groups in total. The Labute approximate surface area is 203 Å². The fourth-order valence-electron chi connectivity index (χ4n) is 4.77. The van der Waals surface area contributed by atoms with Crippen molar-refractivity contribution >= 4 is 5.97 Å². The third-order valence-corrected chi connectivity index (χ3v) is 6.33. The number of carboxylic acids is 1. The van der Waals surface area contributed by atoms with E-state index in [0.29, 0.717) is 25.2 Å². The van der Waals surface area contributed by atoms with E-state index in [9.17, 15) is 9.90 Å². The van der Waals surface area contributed by atoms with Gasteiger partial charge in [0, 0.05) is 29.7 Å². The zero-order chi connectivity index (χ0) is 24.2. The van der Waals surface area contributed by atoms with Crippen molar-refractivity contribution in [1.29, 1.82) is 0 Å². The van der Waals surface area contributed by atoms with Gasteiger partial charge in [-0.25, -0.2) is 4.79 Å². The summed E-state index contributed by atoms with van der Waals surface area (Å²) in [6.07, 6.45) is 9.26. The van der Waals surface area contributed by atoms with Crippen LogP contribution in [0.15, 0.2) is 78.5 Å². The number of carbonyl (C=O) groups is 1. The van der Waals surface area contributed by atoms with Crippen molar-refractivity contribution in [2.45, 2.75) is 52.1 Å². The molecule has 2 aromatic carbocycles. The highest BCUT2D eigenvalue weighted by molar-refractivity contribution is 5.86. The predicted octanol–water partition coefficient (Wildman–Crippen LogP) is 6.28. The van der Waals surface area contributed by atoms with Crippen LogP contribution in [0.5, 0.6) is 5.75 Å². The molecule has 0 saturated heterocycles. The van der Waals surface area contributed by atoms with Crippen LogP contribution in [0.25, 0.3) is 0 Å². The quantitative estimate of drug-likeness (QED) is 0.297. The summed E-state index contributed by atoms with van der Waals surface area (Å²) in [6.45, 7) is 8.00. The van der Waals surface area contributed by atoms with Crippen LogP contribution >= 0.6 is 0 Å². The second kappa shape index (κ2) is 13.1. The zero-order valence-corrected chi connectivity index (χ0v) is 20.5. The highest BCUT2D eigenvalue weighted by Gasteiger charge is 2.37. The van der Waals surface area contributed by atoms with Crippen molar-refractivity contribution in [1.82, 2.24) is 0 Å². The van der Waals surface area contributed by atoms with Gasteiger partial charge in [0.25, 0.3) is 0 Å². The molecule has 0 saturated carbocycles. The fraction of sp³-hybridized carbons (Fsp3) is 0.414. The maximum absolute atomic E-state index is 11.7. The molecule has 2 aromatic rings. The first-order valence-corrected chi connectivity index (χ1v) is 12.4. The van der Waals surface area contributed by atoms with E-state index in [2.05, 4.69) is 56.4 Å². The predicted molar refractivity (Wildman–Crippen MR) is 135 cm³/mol. The van der Waals surface area contributed by atoms with Crippen molar-refractivity contribution in [3.05, 3.63) is 89.6 Å². The molecule has 3 rings (SSSR count). The minimum atomic E-state index is -0.837. The Kier molecular flexibility index (Phi) is 9.92. The highest BCUT2D eigenvalue weighted by atomic mass is 16.5. The molecule has 2 unspecified atom stereocenters. The van der Waals surface area contributed by atoms with E-state index < -0.39 is 5.97 Å². The van der Waals surface area contributed by atoms with Gasteiger partial charge in [-0.2, -0.15) is 0 Å². The summed E-state index contributed by atoms with van der Waals surface area (Å²) in [6, 6.07) is 19.0. The molecular formula is C29H38NO4+. The monoisotopic (exact) mass is 464 g/mol. The van der Waals surface area contributed by atoms with Gasteiger partial charge in [0.05, 0.1) is 19.4 Å². The molecule has 0 bridgehead atoms. The Morgan fingerprint density at radius 1 is 1.00 bits per heavy atom. The summed E-state index contributed by atoms with van der Waals surface area (Å²) >= 11 is 0. The molecule has 0 aromatic heterocycles. The number of quaternary nitrogens is 1.